The Morgan fingerprint density at radius 3 is 2.46 bits per heavy atom. The molecule has 1 unspecified atom stereocenters. The van der Waals surface area contributed by atoms with Crippen LogP contribution in [0.3, 0.4) is 0 Å². The zero-order chi connectivity index (χ0) is 9.68. The number of benzene rings is 1. The van der Waals surface area contributed by atoms with Gasteiger partial charge in [-0.2, -0.15) is 0 Å². The number of nitrogens with two attached hydrogens (primary N) is 1. The maximum atomic E-state index is 5.53. The third-order valence-corrected chi connectivity index (χ3v) is 1.96. The zero-order valence-corrected chi connectivity index (χ0v) is 8.29. The largest absolute Gasteiger partial charge is 0.493 e. The van der Waals surface area contributed by atoms with Crippen molar-refractivity contribution in [3.8, 4) is 5.75 Å². The maximum Gasteiger partial charge on any atom is 0.119 e. The number of ether oxygens (including phenoxy) is 1. The molecule has 0 aromatic heterocycles. The summed E-state index contributed by atoms with van der Waals surface area (Å²) in [5, 5.41) is 0. The second-order valence-corrected chi connectivity index (χ2v) is 3.46. The van der Waals surface area contributed by atoms with Crippen LogP contribution in [0, 0.1) is 12.8 Å². The first kappa shape index (κ1) is 10.1. The van der Waals surface area contributed by atoms with Crippen LogP contribution < -0.4 is 10.5 Å². The van der Waals surface area contributed by atoms with Gasteiger partial charge in [-0.25, -0.2) is 0 Å². The summed E-state index contributed by atoms with van der Waals surface area (Å²) in [4.78, 5) is 0. The summed E-state index contributed by atoms with van der Waals surface area (Å²) in [7, 11) is 0. The lowest BCUT2D eigenvalue weighted by molar-refractivity contribution is 0.264. The quantitative estimate of drug-likeness (QED) is 0.767. The van der Waals surface area contributed by atoms with Crippen molar-refractivity contribution in [2.24, 2.45) is 11.7 Å². The summed E-state index contributed by atoms with van der Waals surface area (Å²) in [5.41, 5.74) is 6.73. The van der Waals surface area contributed by atoms with E-state index < -0.39 is 0 Å². The van der Waals surface area contributed by atoms with Gasteiger partial charge >= 0.3 is 0 Å². The van der Waals surface area contributed by atoms with Gasteiger partial charge in [-0.15, -0.1) is 0 Å². The van der Waals surface area contributed by atoms with E-state index >= 15 is 0 Å². The third kappa shape index (κ3) is 3.47. The lowest BCUT2D eigenvalue weighted by Gasteiger charge is -2.10. The van der Waals surface area contributed by atoms with Crippen LogP contribution in [0.15, 0.2) is 24.3 Å². The summed E-state index contributed by atoms with van der Waals surface area (Å²) >= 11 is 0. The maximum absolute atomic E-state index is 5.53. The Balaban J connectivity index is 2.41. The Labute approximate surface area is 79.7 Å². The van der Waals surface area contributed by atoms with E-state index in [1.54, 1.807) is 0 Å². The molecule has 0 aliphatic heterocycles. The van der Waals surface area contributed by atoms with Gasteiger partial charge in [0.25, 0.3) is 0 Å². The van der Waals surface area contributed by atoms with Crippen molar-refractivity contribution in [1.82, 2.24) is 0 Å². The minimum atomic E-state index is 0.418. The van der Waals surface area contributed by atoms with E-state index in [9.17, 15) is 0 Å². The van der Waals surface area contributed by atoms with Crippen molar-refractivity contribution in [2.75, 3.05) is 13.2 Å². The van der Waals surface area contributed by atoms with Gasteiger partial charge in [0.15, 0.2) is 0 Å². The van der Waals surface area contributed by atoms with E-state index in [-0.39, 0.29) is 0 Å². The Morgan fingerprint density at radius 1 is 1.31 bits per heavy atom. The predicted molar refractivity (Wildman–Crippen MR) is 54.9 cm³/mol. The second kappa shape index (κ2) is 4.87. The molecule has 1 rings (SSSR count). The van der Waals surface area contributed by atoms with Gasteiger partial charge in [0.1, 0.15) is 5.75 Å². The van der Waals surface area contributed by atoms with Crippen molar-refractivity contribution in [3.63, 3.8) is 0 Å². The molecule has 1 aromatic carbocycles. The van der Waals surface area contributed by atoms with Crippen LogP contribution in [0.1, 0.15) is 12.5 Å². The molecule has 0 bridgehead atoms. The van der Waals surface area contributed by atoms with E-state index in [0.29, 0.717) is 19.1 Å². The smallest absolute Gasteiger partial charge is 0.119 e. The number of hydrogen-bond donors (Lipinski definition) is 1. The van der Waals surface area contributed by atoms with Gasteiger partial charge in [0.2, 0.25) is 0 Å². The summed E-state index contributed by atoms with van der Waals surface area (Å²) in [6.07, 6.45) is 0. The van der Waals surface area contributed by atoms with E-state index in [2.05, 4.69) is 13.8 Å². The Kier molecular flexibility index (Phi) is 3.77. The number of rotatable bonds is 4. The van der Waals surface area contributed by atoms with Crippen molar-refractivity contribution in [2.45, 2.75) is 13.8 Å². The Bertz CT molecular complexity index is 243. The molecule has 0 spiro atoms. The van der Waals surface area contributed by atoms with Gasteiger partial charge in [-0.3, -0.25) is 0 Å². The van der Waals surface area contributed by atoms with E-state index in [1.807, 2.05) is 24.3 Å². The summed E-state index contributed by atoms with van der Waals surface area (Å²) in [6.45, 7) is 5.51. The highest BCUT2D eigenvalue weighted by molar-refractivity contribution is 5.26. The van der Waals surface area contributed by atoms with Crippen molar-refractivity contribution >= 4 is 0 Å². The fourth-order valence-electron chi connectivity index (χ4n) is 0.941. The topological polar surface area (TPSA) is 35.2 Å². The standard InChI is InChI=1S/C11H17NO/c1-9-3-5-11(6-4-9)13-8-10(2)7-12/h3-6,10H,7-8,12H2,1-2H3. The first-order valence-electron chi connectivity index (χ1n) is 4.62. The number of hydrogen-bond acceptors (Lipinski definition) is 2. The molecule has 0 aliphatic rings. The zero-order valence-electron chi connectivity index (χ0n) is 8.29. The lowest BCUT2D eigenvalue weighted by atomic mass is 10.2. The fraction of sp³-hybridized carbons (Fsp3) is 0.455. The molecule has 0 fully saturated rings. The lowest BCUT2D eigenvalue weighted by Crippen LogP contribution is -2.18. The molecule has 2 N–H and O–H groups in total. The molecule has 2 nitrogen and oxygen atoms in total. The molecule has 1 aromatic rings. The highest BCUT2D eigenvalue weighted by Gasteiger charge is 1.99. The highest BCUT2D eigenvalue weighted by atomic mass is 16.5. The molecule has 1 atom stereocenters. The predicted octanol–water partition coefficient (Wildman–Crippen LogP) is 1.97. The monoisotopic (exact) mass is 179 g/mol. The SMILES string of the molecule is Cc1ccc(OCC(C)CN)cc1. The van der Waals surface area contributed by atoms with Crippen molar-refractivity contribution < 1.29 is 4.74 Å². The van der Waals surface area contributed by atoms with Gasteiger partial charge in [-0.05, 0) is 25.6 Å². The minimum Gasteiger partial charge on any atom is -0.493 e. The molecule has 0 radical (unpaired) electrons. The second-order valence-electron chi connectivity index (χ2n) is 3.46. The molecule has 72 valence electrons. The molecule has 0 amide bonds. The summed E-state index contributed by atoms with van der Waals surface area (Å²) in [5.74, 6) is 1.34. The minimum absolute atomic E-state index is 0.418. The summed E-state index contributed by atoms with van der Waals surface area (Å²) in [6, 6.07) is 8.06. The van der Waals surface area contributed by atoms with Gasteiger partial charge < -0.3 is 10.5 Å². The molecule has 0 saturated heterocycles. The van der Waals surface area contributed by atoms with Crippen molar-refractivity contribution in [3.05, 3.63) is 29.8 Å². The van der Waals surface area contributed by atoms with Crippen LogP contribution in [0.25, 0.3) is 0 Å². The average Bonchev–Trinajstić information content (AvgIpc) is 2.16. The Morgan fingerprint density at radius 2 is 1.92 bits per heavy atom. The van der Waals surface area contributed by atoms with E-state index in [0.717, 1.165) is 5.75 Å². The van der Waals surface area contributed by atoms with E-state index in [1.165, 1.54) is 5.56 Å². The average molecular weight is 179 g/mol. The first-order chi connectivity index (χ1) is 6.22. The third-order valence-electron chi connectivity index (χ3n) is 1.96. The van der Waals surface area contributed by atoms with E-state index in [4.69, 9.17) is 10.5 Å². The van der Waals surface area contributed by atoms with Crippen molar-refractivity contribution in [1.29, 1.82) is 0 Å². The highest BCUT2D eigenvalue weighted by Crippen LogP contribution is 2.12. The van der Waals surface area contributed by atoms with Crippen LogP contribution in [0.4, 0.5) is 0 Å². The molecule has 2 heteroatoms. The summed E-state index contributed by atoms with van der Waals surface area (Å²) < 4.78 is 5.53. The van der Waals surface area contributed by atoms with Gasteiger partial charge in [0, 0.05) is 5.92 Å². The molecule has 13 heavy (non-hydrogen) atoms. The molecule has 0 saturated carbocycles. The van der Waals surface area contributed by atoms with Crippen LogP contribution in [0.2, 0.25) is 0 Å². The van der Waals surface area contributed by atoms with Crippen LogP contribution in [0.5, 0.6) is 5.75 Å². The molecule has 0 aliphatic carbocycles. The first-order valence-corrected chi connectivity index (χ1v) is 4.62. The van der Waals surface area contributed by atoms with Crippen LogP contribution >= 0.6 is 0 Å². The van der Waals surface area contributed by atoms with Gasteiger partial charge in [-0.1, -0.05) is 24.6 Å². The Hall–Kier alpha value is -1.02. The van der Waals surface area contributed by atoms with Gasteiger partial charge in [0.05, 0.1) is 6.61 Å². The van der Waals surface area contributed by atoms with Crippen LogP contribution in [-0.4, -0.2) is 13.2 Å². The number of aryl methyl sites for hydroxylation is 1. The fourth-order valence-corrected chi connectivity index (χ4v) is 0.941. The molecular weight excluding hydrogens is 162 g/mol. The molecule has 0 heterocycles. The van der Waals surface area contributed by atoms with Crippen LogP contribution in [-0.2, 0) is 0 Å². The normalized spacial score (nSPS) is 12.5. The molecular formula is C11H17NO.